The minimum absolute atomic E-state index is 0.112. The summed E-state index contributed by atoms with van der Waals surface area (Å²) < 4.78 is 29.7. The molecule has 4 aromatic rings. The fraction of sp³-hybridized carbons (Fsp3) is 0.240. The average Bonchev–Trinajstić information content (AvgIpc) is 3.32. The summed E-state index contributed by atoms with van der Waals surface area (Å²) in [5, 5.41) is 1.74. The summed E-state index contributed by atoms with van der Waals surface area (Å²) in [5.41, 5.74) is 1.87. The molecule has 2 aromatic heterocycles. The van der Waals surface area contributed by atoms with Gasteiger partial charge in [-0.3, -0.25) is 9.52 Å². The number of nitrogens with zero attached hydrogens (tertiary/aromatic N) is 5. The first kappa shape index (κ1) is 24.1. The number of hydrogen-bond donors (Lipinski definition) is 1. The Bertz CT molecular complexity index is 1470. The van der Waals surface area contributed by atoms with Gasteiger partial charge in [0, 0.05) is 62.6 Å². The molecule has 1 aliphatic rings. The number of para-hydroxylation sites is 1. The van der Waals surface area contributed by atoms with Crippen molar-refractivity contribution >= 4 is 49.9 Å². The van der Waals surface area contributed by atoms with E-state index >= 15 is 0 Å². The van der Waals surface area contributed by atoms with Gasteiger partial charge in [-0.1, -0.05) is 23.7 Å². The maximum Gasteiger partial charge on any atom is 0.263 e. The number of benzene rings is 2. The van der Waals surface area contributed by atoms with Crippen LogP contribution in [-0.4, -0.2) is 59.9 Å². The van der Waals surface area contributed by atoms with Crippen LogP contribution < -0.4 is 9.62 Å². The summed E-state index contributed by atoms with van der Waals surface area (Å²) in [6.07, 6.45) is 5.12. The summed E-state index contributed by atoms with van der Waals surface area (Å²) in [6, 6.07) is 16.0. The SMILES string of the molecule is O=C(CCn1ccc2cccc(Cl)c21)N1CCN(c2ccc(S(=O)(=O)Nc3ccncn3)cc2)CC1. The number of aromatic nitrogens is 3. The molecule has 0 radical (unpaired) electrons. The maximum atomic E-state index is 12.8. The predicted molar refractivity (Wildman–Crippen MR) is 140 cm³/mol. The first-order chi connectivity index (χ1) is 17.4. The Balaban J connectivity index is 1.15. The molecule has 0 bridgehead atoms. The van der Waals surface area contributed by atoms with E-state index in [0.717, 1.165) is 16.6 Å². The molecule has 0 aliphatic carbocycles. The second kappa shape index (κ2) is 10.2. The molecule has 0 saturated carbocycles. The number of rotatable bonds is 7. The molecule has 1 fully saturated rings. The number of fused-ring (bicyclic) bond motifs is 1. The van der Waals surface area contributed by atoms with E-state index in [-0.39, 0.29) is 16.6 Å². The van der Waals surface area contributed by atoms with Crippen molar-refractivity contribution in [2.24, 2.45) is 0 Å². The van der Waals surface area contributed by atoms with Crippen molar-refractivity contribution < 1.29 is 13.2 Å². The molecular formula is C25H25ClN6O3S. The quantitative estimate of drug-likeness (QED) is 0.396. The van der Waals surface area contributed by atoms with Crippen molar-refractivity contribution in [3.05, 3.63) is 78.3 Å². The fourth-order valence-corrected chi connectivity index (χ4v) is 5.67. The largest absolute Gasteiger partial charge is 0.368 e. The smallest absolute Gasteiger partial charge is 0.263 e. The van der Waals surface area contributed by atoms with Gasteiger partial charge in [-0.05, 0) is 42.5 Å². The second-order valence-electron chi connectivity index (χ2n) is 8.50. The third kappa shape index (κ3) is 5.14. The lowest BCUT2D eigenvalue weighted by Gasteiger charge is -2.36. The highest BCUT2D eigenvalue weighted by Crippen LogP contribution is 2.25. The van der Waals surface area contributed by atoms with Crippen LogP contribution in [0.1, 0.15) is 6.42 Å². The second-order valence-corrected chi connectivity index (χ2v) is 10.6. The van der Waals surface area contributed by atoms with Crippen LogP contribution in [0.25, 0.3) is 10.9 Å². The predicted octanol–water partition coefficient (Wildman–Crippen LogP) is 3.62. The number of sulfonamides is 1. The Morgan fingerprint density at radius 3 is 2.50 bits per heavy atom. The molecule has 1 N–H and O–H groups in total. The standard InChI is InChI=1S/C25H25ClN6O3S/c26-22-3-1-2-19-9-12-32(25(19)22)13-10-24(33)31-16-14-30(15-17-31)20-4-6-21(7-5-20)36(34,35)29-23-8-11-27-18-28-23/h1-9,11-12,18H,10,13-17H2,(H,27,28,29). The third-order valence-corrected chi connectivity index (χ3v) is 7.95. The third-order valence-electron chi connectivity index (χ3n) is 6.27. The monoisotopic (exact) mass is 524 g/mol. The van der Waals surface area contributed by atoms with Crippen molar-refractivity contribution in [1.29, 1.82) is 0 Å². The van der Waals surface area contributed by atoms with Crippen molar-refractivity contribution in [2.45, 2.75) is 17.9 Å². The molecule has 0 spiro atoms. The van der Waals surface area contributed by atoms with Crippen LogP contribution in [0.15, 0.2) is 78.2 Å². The number of halogens is 1. The molecule has 1 aliphatic heterocycles. The number of piperazine rings is 1. The zero-order valence-electron chi connectivity index (χ0n) is 19.4. The number of carbonyl (C=O) groups is 1. The van der Waals surface area contributed by atoms with Gasteiger partial charge >= 0.3 is 0 Å². The number of carbonyl (C=O) groups excluding carboxylic acids is 1. The van der Waals surface area contributed by atoms with Crippen LogP contribution in [0.3, 0.4) is 0 Å². The molecule has 5 rings (SSSR count). The molecule has 0 unspecified atom stereocenters. The summed E-state index contributed by atoms with van der Waals surface area (Å²) >= 11 is 6.35. The van der Waals surface area contributed by atoms with Crippen LogP contribution in [0.2, 0.25) is 5.02 Å². The van der Waals surface area contributed by atoms with Gasteiger partial charge in [0.2, 0.25) is 5.91 Å². The van der Waals surface area contributed by atoms with E-state index in [1.165, 1.54) is 18.6 Å². The zero-order chi connectivity index (χ0) is 25.1. The van der Waals surface area contributed by atoms with Crippen molar-refractivity contribution in [3.8, 4) is 0 Å². The molecule has 1 saturated heterocycles. The fourth-order valence-electron chi connectivity index (χ4n) is 4.37. The number of hydrogen-bond acceptors (Lipinski definition) is 6. The van der Waals surface area contributed by atoms with Gasteiger partial charge in [0.1, 0.15) is 12.1 Å². The summed E-state index contributed by atoms with van der Waals surface area (Å²) in [4.78, 5) is 24.7. The Morgan fingerprint density at radius 1 is 1.00 bits per heavy atom. The highest BCUT2D eigenvalue weighted by molar-refractivity contribution is 7.92. The normalized spacial score (nSPS) is 14.2. The molecule has 2 aromatic carbocycles. The highest BCUT2D eigenvalue weighted by atomic mass is 35.5. The maximum absolute atomic E-state index is 12.8. The summed E-state index contributed by atoms with van der Waals surface area (Å²) in [7, 11) is -3.74. The van der Waals surface area contributed by atoms with Crippen molar-refractivity contribution in [2.75, 3.05) is 35.8 Å². The van der Waals surface area contributed by atoms with Crippen LogP contribution in [0, 0.1) is 0 Å². The van der Waals surface area contributed by atoms with E-state index in [1.54, 1.807) is 24.3 Å². The molecular weight excluding hydrogens is 500 g/mol. The van der Waals surface area contributed by atoms with Crippen molar-refractivity contribution in [1.82, 2.24) is 19.4 Å². The van der Waals surface area contributed by atoms with Gasteiger partial charge in [0.15, 0.2) is 0 Å². The Kier molecular flexibility index (Phi) is 6.80. The minimum Gasteiger partial charge on any atom is -0.368 e. The first-order valence-electron chi connectivity index (χ1n) is 11.6. The van der Waals surface area contributed by atoms with Crippen molar-refractivity contribution in [3.63, 3.8) is 0 Å². The van der Waals surface area contributed by atoms with Gasteiger partial charge in [-0.25, -0.2) is 18.4 Å². The number of anilines is 2. The average molecular weight is 525 g/mol. The van der Waals surface area contributed by atoms with Gasteiger partial charge in [-0.15, -0.1) is 0 Å². The van der Waals surface area contributed by atoms with Gasteiger partial charge in [-0.2, -0.15) is 0 Å². The molecule has 3 heterocycles. The van der Waals surface area contributed by atoms with E-state index < -0.39 is 10.0 Å². The molecule has 36 heavy (non-hydrogen) atoms. The van der Waals surface area contributed by atoms with Crippen LogP contribution in [0.5, 0.6) is 0 Å². The number of aryl methyl sites for hydroxylation is 1. The van der Waals surface area contributed by atoms with E-state index in [2.05, 4.69) is 19.6 Å². The lowest BCUT2D eigenvalue weighted by Crippen LogP contribution is -2.49. The molecule has 0 atom stereocenters. The van der Waals surface area contributed by atoms with Crippen LogP contribution >= 0.6 is 11.6 Å². The van der Waals surface area contributed by atoms with Gasteiger partial charge in [0.25, 0.3) is 10.0 Å². The molecule has 1 amide bonds. The molecule has 9 nitrogen and oxygen atoms in total. The summed E-state index contributed by atoms with van der Waals surface area (Å²) in [5.74, 6) is 0.323. The van der Waals surface area contributed by atoms with E-state index in [0.29, 0.717) is 44.2 Å². The van der Waals surface area contributed by atoms with Gasteiger partial charge in [0.05, 0.1) is 15.4 Å². The van der Waals surface area contributed by atoms with Gasteiger partial charge < -0.3 is 14.4 Å². The molecule has 11 heteroatoms. The Labute approximate surface area is 214 Å². The lowest BCUT2D eigenvalue weighted by atomic mass is 10.2. The van der Waals surface area contributed by atoms with E-state index in [1.807, 2.05) is 39.9 Å². The van der Waals surface area contributed by atoms with Crippen LogP contribution in [-0.2, 0) is 21.4 Å². The Hall–Kier alpha value is -3.63. The highest BCUT2D eigenvalue weighted by Gasteiger charge is 2.22. The van der Waals surface area contributed by atoms with E-state index in [4.69, 9.17) is 11.6 Å². The molecule has 186 valence electrons. The zero-order valence-corrected chi connectivity index (χ0v) is 21.0. The Morgan fingerprint density at radius 2 is 1.78 bits per heavy atom. The summed E-state index contributed by atoms with van der Waals surface area (Å²) in [6.45, 7) is 3.15. The lowest BCUT2D eigenvalue weighted by molar-refractivity contribution is -0.131. The first-order valence-corrected chi connectivity index (χ1v) is 13.4. The number of amides is 1. The van der Waals surface area contributed by atoms with E-state index in [9.17, 15) is 13.2 Å². The minimum atomic E-state index is -3.74. The number of nitrogens with one attached hydrogen (secondary N) is 1. The van der Waals surface area contributed by atoms with Crippen LogP contribution in [0.4, 0.5) is 11.5 Å². The topological polar surface area (TPSA) is 100 Å².